The van der Waals surface area contributed by atoms with Crippen LogP contribution in [-0.4, -0.2) is 45.5 Å². The van der Waals surface area contributed by atoms with Crippen LogP contribution in [0.15, 0.2) is 0 Å². The summed E-state index contributed by atoms with van der Waals surface area (Å²) in [4.78, 5) is 0. The summed E-state index contributed by atoms with van der Waals surface area (Å²) in [6.45, 7) is 0. The molecular weight excluding hydrogens is 306 g/mol. The molecule has 4 heteroatoms. The van der Waals surface area contributed by atoms with Gasteiger partial charge in [0.1, 0.15) is 0 Å². The van der Waals surface area contributed by atoms with E-state index in [9.17, 15) is 0 Å². The van der Waals surface area contributed by atoms with E-state index in [4.69, 9.17) is 3.83 Å². The van der Waals surface area contributed by atoms with Gasteiger partial charge < -0.3 is 0 Å². The number of hydrogen-bond donors (Lipinski definition) is 0. The van der Waals surface area contributed by atoms with E-state index in [1.807, 2.05) is 0 Å². The molecule has 0 N–H and O–H groups in total. The third-order valence-corrected chi connectivity index (χ3v) is 0. The average Bonchev–Trinajstić information content (AvgIpc) is 1.00. The molecule has 24 valence electrons. The predicted octanol–water partition coefficient (Wildman–Crippen LogP) is -1.04. The van der Waals surface area contributed by atoms with Crippen molar-refractivity contribution in [3.63, 3.8) is 0 Å². The normalized spacial score (nSPS) is 1.50. The van der Waals surface area contributed by atoms with Crippen LogP contribution in [0.2, 0.25) is 0 Å². The van der Waals surface area contributed by atoms with Gasteiger partial charge in [0.25, 0.3) is 0 Å². The van der Waals surface area contributed by atoms with Crippen molar-refractivity contribution in [2.75, 3.05) is 0 Å². The van der Waals surface area contributed by atoms with Crippen molar-refractivity contribution >= 4 is 45.5 Å². The third-order valence-electron chi connectivity index (χ3n) is 0. The van der Waals surface area contributed by atoms with Crippen LogP contribution in [0.5, 0.6) is 0 Å². The molecule has 0 atom stereocenters. The fourth-order valence-corrected chi connectivity index (χ4v) is 0. The van der Waals surface area contributed by atoms with Crippen molar-refractivity contribution in [3.8, 4) is 0 Å². The summed E-state index contributed by atoms with van der Waals surface area (Å²) < 4.78 is 7.81. The van der Waals surface area contributed by atoms with Crippen molar-refractivity contribution in [1.82, 2.24) is 0 Å². The van der Waals surface area contributed by atoms with Crippen LogP contribution in [0.25, 0.3) is 0 Å². The molecule has 0 aliphatic rings. The van der Waals surface area contributed by atoms with Crippen LogP contribution < -0.4 is 0 Å². The Hall–Kier alpha value is 2.99. The Morgan fingerprint density at radius 3 is 1.25 bits per heavy atom. The van der Waals surface area contributed by atoms with Crippen molar-refractivity contribution in [2.24, 2.45) is 0 Å². The van der Waals surface area contributed by atoms with E-state index in [0.717, 1.165) is 0 Å². The van der Waals surface area contributed by atoms with Gasteiger partial charge in [-0.1, -0.05) is 0 Å². The van der Waals surface area contributed by atoms with Crippen molar-refractivity contribution in [3.05, 3.63) is 0 Å². The van der Waals surface area contributed by atoms with Gasteiger partial charge in [0.2, 0.25) is 0 Å². The Morgan fingerprint density at radius 2 is 1.25 bits per heavy atom. The Balaban J connectivity index is -0.00000000500. The van der Waals surface area contributed by atoms with E-state index in [1.54, 1.807) is 0 Å². The number of hydrogen-bond acceptors (Lipinski definition) is 1. The molecule has 0 aromatic heterocycles. The summed E-state index contributed by atoms with van der Waals surface area (Å²) >= 11 is 2.94. The van der Waals surface area contributed by atoms with Crippen molar-refractivity contribution < 1.29 is 55.4 Å². The molecule has 1 nitrogen and oxygen atoms in total. The molecule has 0 unspecified atom stereocenters. The van der Waals surface area contributed by atoms with Crippen LogP contribution in [0.4, 0.5) is 0 Å². The standard InChI is InChI=1S/Cu.La.O.Sr.2H. The van der Waals surface area contributed by atoms with Gasteiger partial charge in [0.05, 0.1) is 0 Å². The molecule has 0 amide bonds. The second-order valence-electron chi connectivity index (χ2n) is 0. The second kappa shape index (κ2) is 16.7. The summed E-state index contributed by atoms with van der Waals surface area (Å²) in [5.41, 5.74) is 0. The Labute approximate surface area is 98.2 Å². The molecule has 0 aliphatic carbocycles. The fourth-order valence-electron chi connectivity index (χ4n) is 0. The molecule has 0 fully saturated rings. The van der Waals surface area contributed by atoms with E-state index in [-0.39, 0.29) is 81.1 Å². The third kappa shape index (κ3) is 8.89. The van der Waals surface area contributed by atoms with Gasteiger partial charge in [-0.15, -0.1) is 0 Å². The van der Waals surface area contributed by atoms with Crippen LogP contribution in [0.1, 0.15) is 0 Å². The first kappa shape index (κ1) is 15.8. The summed E-state index contributed by atoms with van der Waals surface area (Å²) in [5.74, 6) is 0. The van der Waals surface area contributed by atoms with Gasteiger partial charge in [-0.25, -0.2) is 0 Å². The van der Waals surface area contributed by atoms with E-state index in [1.165, 1.54) is 0 Å². The Morgan fingerprint density at radius 1 is 1.25 bits per heavy atom. The van der Waals surface area contributed by atoms with Crippen LogP contribution in [0, 0.1) is 35.6 Å². The molecule has 0 saturated carbocycles. The summed E-state index contributed by atoms with van der Waals surface area (Å²) in [6, 6.07) is 0. The van der Waals surface area contributed by atoms with Gasteiger partial charge in [0, 0.05) is 35.6 Å². The van der Waals surface area contributed by atoms with E-state index < -0.39 is 0 Å². The molecule has 0 bridgehead atoms. The minimum atomic E-state index is 0. The van der Waals surface area contributed by atoms with Crippen LogP contribution >= 0.6 is 0 Å². The quantitative estimate of drug-likeness (QED) is 0.523. The molecule has 1 radical (unpaired) electrons. The van der Waals surface area contributed by atoms with Gasteiger partial charge in [-0.3, -0.25) is 0 Å². The molecule has 0 aliphatic heterocycles. The van der Waals surface area contributed by atoms with Crippen molar-refractivity contribution in [2.45, 2.75) is 0 Å². The van der Waals surface area contributed by atoms with Gasteiger partial charge in [-0.05, 0) is 0 Å². The average molecular weight is 308 g/mol. The summed E-state index contributed by atoms with van der Waals surface area (Å²) in [6.07, 6.45) is 0. The molecule has 0 aromatic rings. The van der Waals surface area contributed by atoms with Gasteiger partial charge >= 0.3 is 65.3 Å². The minimum absolute atomic E-state index is 0. The zero-order valence-corrected chi connectivity index (χ0v) is 5.85. The molecule has 0 saturated heterocycles. The molecule has 0 heterocycles. The first-order chi connectivity index (χ1) is 1.00. The monoisotopic (exact) mass is 308 g/mol. The van der Waals surface area contributed by atoms with E-state index >= 15 is 0 Å². The topological polar surface area (TPSA) is 17.1 Å². The molecular formula is H2CuLaOSr. The van der Waals surface area contributed by atoms with Gasteiger partial charge in [-0.2, -0.15) is 0 Å². The van der Waals surface area contributed by atoms with Crippen molar-refractivity contribution in [1.29, 1.82) is 0 Å². The van der Waals surface area contributed by atoms with Crippen LogP contribution in [0.3, 0.4) is 0 Å². The van der Waals surface area contributed by atoms with Crippen LogP contribution in [-0.2, 0) is 19.8 Å². The first-order valence-electron chi connectivity index (χ1n) is 0.123. The molecule has 0 rings (SSSR count). The summed E-state index contributed by atoms with van der Waals surface area (Å²) in [5, 5.41) is 0. The maximum atomic E-state index is 7.81. The molecule has 0 spiro atoms. The Bertz CT molecular complexity index is 8.00. The SMILES string of the molecule is [La].[O]=[Cu].[SrH2]. The zero-order valence-electron chi connectivity index (χ0n) is 1.29. The zero-order chi connectivity index (χ0) is 2.00. The molecule has 0 aromatic carbocycles. The van der Waals surface area contributed by atoms with E-state index in [2.05, 4.69) is 15.9 Å². The fraction of sp³-hybridized carbons (Fsp3) is 0. The predicted molar refractivity (Wildman–Crippen MR) is 9.23 cm³/mol. The second-order valence-corrected chi connectivity index (χ2v) is 0. The number of rotatable bonds is 0. The first-order valence-corrected chi connectivity index (χ1v) is 0.508. The maximum absolute atomic E-state index is 7.81. The van der Waals surface area contributed by atoms with Gasteiger partial charge in [0.15, 0.2) is 0 Å². The molecule has 4 heavy (non-hydrogen) atoms. The van der Waals surface area contributed by atoms with E-state index in [0.29, 0.717) is 0 Å². The Kier molecular flexibility index (Phi) is 65.7. The summed E-state index contributed by atoms with van der Waals surface area (Å²) in [7, 11) is 0.